The maximum atomic E-state index is 3.47. The summed E-state index contributed by atoms with van der Waals surface area (Å²) >= 11 is 0. The molecule has 0 spiro atoms. The van der Waals surface area contributed by atoms with E-state index in [1.807, 2.05) is 0 Å². The molecule has 1 nitrogen and oxygen atoms in total. The van der Waals surface area contributed by atoms with Crippen LogP contribution in [0.3, 0.4) is 0 Å². The Kier molecular flexibility index (Phi) is 11.4. The van der Waals surface area contributed by atoms with Crippen LogP contribution < -0.4 is 5.32 Å². The fraction of sp³-hybridized carbons (Fsp3) is 1.00. The first kappa shape index (κ1) is 16.0. The molecule has 0 aliphatic carbocycles. The normalized spacial score (nSPS) is 15.0. The molecular formula is C15H33N. The Morgan fingerprint density at radius 1 is 0.812 bits per heavy atom. The second-order valence-corrected chi connectivity index (χ2v) is 5.44. The zero-order valence-corrected chi connectivity index (χ0v) is 12.0. The van der Waals surface area contributed by atoms with Crippen molar-refractivity contribution in [2.75, 3.05) is 13.1 Å². The van der Waals surface area contributed by atoms with Gasteiger partial charge in [0.05, 0.1) is 0 Å². The highest BCUT2D eigenvalue weighted by Crippen LogP contribution is 2.18. The summed E-state index contributed by atoms with van der Waals surface area (Å²) in [7, 11) is 0. The van der Waals surface area contributed by atoms with E-state index in [0.717, 1.165) is 11.8 Å². The molecule has 1 N–H and O–H groups in total. The quantitative estimate of drug-likeness (QED) is 0.508. The van der Waals surface area contributed by atoms with E-state index < -0.39 is 0 Å². The largest absolute Gasteiger partial charge is 0.317 e. The average molecular weight is 227 g/mol. The summed E-state index contributed by atoms with van der Waals surface area (Å²) in [6.07, 6.45) is 9.62. The summed E-state index contributed by atoms with van der Waals surface area (Å²) in [5.41, 5.74) is 0. The third kappa shape index (κ3) is 10.5. The van der Waals surface area contributed by atoms with Gasteiger partial charge in [0, 0.05) is 0 Å². The minimum absolute atomic E-state index is 0.925. The summed E-state index contributed by atoms with van der Waals surface area (Å²) in [6.45, 7) is 11.7. The lowest BCUT2D eigenvalue weighted by atomic mass is 9.93. The molecule has 16 heavy (non-hydrogen) atoms. The molecule has 0 fully saturated rings. The van der Waals surface area contributed by atoms with Crippen LogP contribution in [0, 0.1) is 11.8 Å². The molecule has 0 aromatic carbocycles. The van der Waals surface area contributed by atoms with Crippen molar-refractivity contribution in [3.8, 4) is 0 Å². The number of hydrogen-bond acceptors (Lipinski definition) is 1. The van der Waals surface area contributed by atoms with Gasteiger partial charge in [0.25, 0.3) is 0 Å². The highest BCUT2D eigenvalue weighted by molar-refractivity contribution is 4.58. The van der Waals surface area contributed by atoms with E-state index >= 15 is 0 Å². The number of rotatable bonds is 11. The zero-order valence-electron chi connectivity index (χ0n) is 12.0. The predicted molar refractivity (Wildman–Crippen MR) is 74.9 cm³/mol. The lowest BCUT2D eigenvalue weighted by Crippen LogP contribution is -2.15. The lowest BCUT2D eigenvalue weighted by Gasteiger charge is -2.14. The van der Waals surface area contributed by atoms with Crippen molar-refractivity contribution >= 4 is 0 Å². The van der Waals surface area contributed by atoms with Gasteiger partial charge in [-0.15, -0.1) is 0 Å². The van der Waals surface area contributed by atoms with Crippen molar-refractivity contribution in [2.24, 2.45) is 11.8 Å². The van der Waals surface area contributed by atoms with Gasteiger partial charge in [-0.05, 0) is 37.8 Å². The summed E-state index contributed by atoms with van der Waals surface area (Å²) in [5, 5.41) is 3.47. The molecule has 1 heteroatoms. The maximum absolute atomic E-state index is 3.47. The van der Waals surface area contributed by atoms with Crippen LogP contribution in [0.2, 0.25) is 0 Å². The van der Waals surface area contributed by atoms with Crippen LogP contribution in [0.25, 0.3) is 0 Å². The van der Waals surface area contributed by atoms with E-state index in [1.165, 1.54) is 58.0 Å². The maximum Gasteiger partial charge on any atom is -0.00489 e. The van der Waals surface area contributed by atoms with Crippen molar-refractivity contribution in [3.63, 3.8) is 0 Å². The van der Waals surface area contributed by atoms with Crippen molar-refractivity contribution in [1.82, 2.24) is 5.32 Å². The van der Waals surface area contributed by atoms with Gasteiger partial charge in [0.1, 0.15) is 0 Å². The zero-order chi connectivity index (χ0) is 12.2. The van der Waals surface area contributed by atoms with Gasteiger partial charge in [-0.1, -0.05) is 59.8 Å². The molecule has 0 amide bonds. The molecule has 0 saturated carbocycles. The number of hydrogen-bond donors (Lipinski definition) is 1. The van der Waals surface area contributed by atoms with E-state index in [4.69, 9.17) is 0 Å². The topological polar surface area (TPSA) is 12.0 Å². The standard InChI is InChI=1S/C15H33N/c1-5-12-16-13-8-7-9-15(4)11-10-14(3)6-2/h14-16H,5-13H2,1-4H3. The lowest BCUT2D eigenvalue weighted by molar-refractivity contribution is 0.394. The summed E-state index contributed by atoms with van der Waals surface area (Å²) in [6, 6.07) is 0. The molecule has 2 atom stereocenters. The minimum atomic E-state index is 0.925. The Morgan fingerprint density at radius 3 is 2.12 bits per heavy atom. The van der Waals surface area contributed by atoms with Gasteiger partial charge in [-0.25, -0.2) is 0 Å². The van der Waals surface area contributed by atoms with Crippen LogP contribution in [0.15, 0.2) is 0 Å². The van der Waals surface area contributed by atoms with Crippen LogP contribution in [0.4, 0.5) is 0 Å². The van der Waals surface area contributed by atoms with Crippen molar-refractivity contribution in [3.05, 3.63) is 0 Å². The van der Waals surface area contributed by atoms with E-state index in [0.29, 0.717) is 0 Å². The first-order chi connectivity index (χ1) is 7.70. The van der Waals surface area contributed by atoms with Gasteiger partial charge in [0.15, 0.2) is 0 Å². The average Bonchev–Trinajstić information content (AvgIpc) is 2.30. The van der Waals surface area contributed by atoms with Crippen molar-refractivity contribution in [2.45, 2.75) is 72.6 Å². The SMILES string of the molecule is CCCNCCCCC(C)CCC(C)CC. The summed E-state index contributed by atoms with van der Waals surface area (Å²) in [4.78, 5) is 0. The van der Waals surface area contributed by atoms with Crippen molar-refractivity contribution in [1.29, 1.82) is 0 Å². The molecular weight excluding hydrogens is 194 g/mol. The molecule has 0 rings (SSSR count). The van der Waals surface area contributed by atoms with Gasteiger partial charge >= 0.3 is 0 Å². The monoisotopic (exact) mass is 227 g/mol. The molecule has 0 bridgehead atoms. The Bertz CT molecular complexity index is 133. The molecule has 0 heterocycles. The predicted octanol–water partition coefficient (Wildman–Crippen LogP) is 4.62. The first-order valence-electron chi connectivity index (χ1n) is 7.41. The molecule has 98 valence electrons. The summed E-state index contributed by atoms with van der Waals surface area (Å²) in [5.74, 6) is 1.86. The molecule has 2 unspecified atom stereocenters. The van der Waals surface area contributed by atoms with E-state index in [1.54, 1.807) is 0 Å². The van der Waals surface area contributed by atoms with E-state index in [-0.39, 0.29) is 0 Å². The van der Waals surface area contributed by atoms with Gasteiger partial charge in [0.2, 0.25) is 0 Å². The Labute approximate surface area is 103 Å². The second-order valence-electron chi connectivity index (χ2n) is 5.44. The van der Waals surface area contributed by atoms with Gasteiger partial charge in [-0.2, -0.15) is 0 Å². The molecule has 0 saturated heterocycles. The van der Waals surface area contributed by atoms with E-state index in [9.17, 15) is 0 Å². The molecule has 0 aliphatic heterocycles. The molecule has 0 aromatic heterocycles. The molecule has 0 radical (unpaired) electrons. The first-order valence-corrected chi connectivity index (χ1v) is 7.41. The highest BCUT2D eigenvalue weighted by atomic mass is 14.8. The molecule has 0 aromatic rings. The fourth-order valence-corrected chi connectivity index (χ4v) is 1.96. The van der Waals surface area contributed by atoms with Gasteiger partial charge < -0.3 is 5.32 Å². The number of unbranched alkanes of at least 4 members (excludes halogenated alkanes) is 1. The summed E-state index contributed by atoms with van der Waals surface area (Å²) < 4.78 is 0. The fourth-order valence-electron chi connectivity index (χ4n) is 1.96. The van der Waals surface area contributed by atoms with Crippen LogP contribution in [-0.4, -0.2) is 13.1 Å². The third-order valence-corrected chi connectivity index (χ3v) is 3.58. The highest BCUT2D eigenvalue weighted by Gasteiger charge is 2.05. The minimum Gasteiger partial charge on any atom is -0.317 e. The van der Waals surface area contributed by atoms with Crippen LogP contribution in [0.5, 0.6) is 0 Å². The second kappa shape index (κ2) is 11.4. The smallest absolute Gasteiger partial charge is 0.00489 e. The van der Waals surface area contributed by atoms with E-state index in [2.05, 4.69) is 33.0 Å². The molecule has 0 aliphatic rings. The Morgan fingerprint density at radius 2 is 1.50 bits per heavy atom. The third-order valence-electron chi connectivity index (χ3n) is 3.58. The van der Waals surface area contributed by atoms with Crippen LogP contribution in [-0.2, 0) is 0 Å². The van der Waals surface area contributed by atoms with Crippen LogP contribution >= 0.6 is 0 Å². The Balaban J connectivity index is 3.20. The van der Waals surface area contributed by atoms with Crippen molar-refractivity contribution < 1.29 is 0 Å². The Hall–Kier alpha value is -0.0400. The van der Waals surface area contributed by atoms with Crippen LogP contribution in [0.1, 0.15) is 72.6 Å². The number of nitrogens with one attached hydrogen (secondary N) is 1. The van der Waals surface area contributed by atoms with Gasteiger partial charge in [-0.3, -0.25) is 0 Å².